The van der Waals surface area contributed by atoms with Crippen molar-refractivity contribution in [1.29, 1.82) is 0 Å². The molecule has 1 rings (SSSR count). The number of hydrogen-bond donors (Lipinski definition) is 2. The van der Waals surface area contributed by atoms with E-state index in [1.165, 1.54) is 12.1 Å². The Bertz CT molecular complexity index is 434. The molecule has 114 valence electrons. The van der Waals surface area contributed by atoms with Crippen LogP contribution in [0.5, 0.6) is 0 Å². The maximum absolute atomic E-state index is 13.1. The number of ether oxygens (including phenoxy) is 1. The van der Waals surface area contributed by atoms with Gasteiger partial charge in [-0.05, 0) is 36.5 Å². The molecule has 1 aromatic carbocycles. The topological polar surface area (TPSA) is 47.3 Å². The predicted octanol–water partition coefficient (Wildman–Crippen LogP) is 3.41. The summed E-state index contributed by atoms with van der Waals surface area (Å²) >= 11 is 3.39. The van der Waals surface area contributed by atoms with Gasteiger partial charge in [-0.2, -0.15) is 0 Å². The molecule has 0 aromatic heterocycles. The Morgan fingerprint density at radius 3 is 2.50 bits per heavy atom. The number of hydrazine groups is 1. The van der Waals surface area contributed by atoms with Gasteiger partial charge in [-0.1, -0.05) is 42.8 Å². The van der Waals surface area contributed by atoms with Crippen molar-refractivity contribution in [1.82, 2.24) is 5.43 Å². The molecule has 5 heteroatoms. The van der Waals surface area contributed by atoms with E-state index in [4.69, 9.17) is 10.6 Å². The molecule has 0 fully saturated rings. The number of benzene rings is 1. The lowest BCUT2D eigenvalue weighted by Gasteiger charge is -2.36. The van der Waals surface area contributed by atoms with E-state index in [2.05, 4.69) is 42.1 Å². The van der Waals surface area contributed by atoms with Crippen LogP contribution in [0.1, 0.15) is 33.3 Å². The third-order valence-corrected chi connectivity index (χ3v) is 3.97. The van der Waals surface area contributed by atoms with Gasteiger partial charge in [0, 0.05) is 11.1 Å². The molecule has 0 aliphatic rings. The molecule has 0 bridgehead atoms. The van der Waals surface area contributed by atoms with Crippen LogP contribution in [0.2, 0.25) is 0 Å². The Hall–Kier alpha value is -0.490. The number of halogens is 2. The van der Waals surface area contributed by atoms with Crippen LogP contribution in [-0.2, 0) is 11.2 Å². The van der Waals surface area contributed by atoms with Gasteiger partial charge in [-0.15, -0.1) is 0 Å². The zero-order chi connectivity index (χ0) is 15.3. The van der Waals surface area contributed by atoms with Crippen LogP contribution in [0.3, 0.4) is 0 Å². The zero-order valence-corrected chi connectivity index (χ0v) is 14.1. The first-order chi connectivity index (χ1) is 9.29. The average Bonchev–Trinajstić information content (AvgIpc) is 2.34. The number of nitrogens with one attached hydrogen (secondary N) is 1. The summed E-state index contributed by atoms with van der Waals surface area (Å²) < 4.78 is 19.8. The summed E-state index contributed by atoms with van der Waals surface area (Å²) in [6.07, 6.45) is 0.633. The van der Waals surface area contributed by atoms with Crippen LogP contribution < -0.4 is 11.3 Å². The molecular formula is C15H24BrFN2O. The van der Waals surface area contributed by atoms with Gasteiger partial charge in [0.05, 0.1) is 12.1 Å². The zero-order valence-electron chi connectivity index (χ0n) is 12.5. The van der Waals surface area contributed by atoms with Crippen molar-refractivity contribution in [3.05, 3.63) is 34.1 Å². The summed E-state index contributed by atoms with van der Waals surface area (Å²) in [5, 5.41) is 0. The van der Waals surface area contributed by atoms with E-state index in [-0.39, 0.29) is 23.4 Å². The first kappa shape index (κ1) is 17.6. The molecule has 3 nitrogen and oxygen atoms in total. The van der Waals surface area contributed by atoms with E-state index in [1.807, 2.05) is 6.92 Å². The predicted molar refractivity (Wildman–Crippen MR) is 83.8 cm³/mol. The van der Waals surface area contributed by atoms with E-state index in [0.717, 1.165) is 10.0 Å². The lowest BCUT2D eigenvalue weighted by molar-refractivity contribution is -0.0356. The second kappa shape index (κ2) is 7.50. The molecule has 1 aromatic rings. The van der Waals surface area contributed by atoms with Gasteiger partial charge in [0.1, 0.15) is 5.82 Å². The molecule has 2 atom stereocenters. The maximum atomic E-state index is 13.1. The lowest BCUT2D eigenvalue weighted by atomic mass is 9.82. The molecule has 3 N–H and O–H groups in total. The highest BCUT2D eigenvalue weighted by Gasteiger charge is 2.32. The highest BCUT2D eigenvalue weighted by molar-refractivity contribution is 9.10. The minimum atomic E-state index is -0.255. The molecule has 0 aliphatic heterocycles. The molecule has 0 saturated heterocycles. The van der Waals surface area contributed by atoms with Crippen molar-refractivity contribution in [2.75, 3.05) is 6.61 Å². The van der Waals surface area contributed by atoms with Crippen LogP contribution >= 0.6 is 15.9 Å². The summed E-state index contributed by atoms with van der Waals surface area (Å²) in [4.78, 5) is 0. The molecule has 0 saturated carbocycles. The van der Waals surface area contributed by atoms with E-state index < -0.39 is 0 Å². The standard InChI is InChI=1S/C15H24BrFN2O/c1-5-20-14(15(2,3)4)13(19-18)8-10-6-7-11(17)9-12(10)16/h6-7,9,13-14,19H,5,8,18H2,1-4H3. The SMILES string of the molecule is CCOC(C(Cc1ccc(F)cc1Br)NN)C(C)(C)C. The molecule has 0 heterocycles. The van der Waals surface area contributed by atoms with Crippen LogP contribution in [0.4, 0.5) is 4.39 Å². The molecule has 0 radical (unpaired) electrons. The van der Waals surface area contributed by atoms with Crippen molar-refractivity contribution in [2.45, 2.75) is 46.3 Å². The Morgan fingerprint density at radius 1 is 1.40 bits per heavy atom. The number of rotatable bonds is 6. The lowest BCUT2D eigenvalue weighted by Crippen LogP contribution is -2.52. The molecule has 2 unspecified atom stereocenters. The average molecular weight is 347 g/mol. The Morgan fingerprint density at radius 2 is 2.05 bits per heavy atom. The maximum Gasteiger partial charge on any atom is 0.124 e. The van der Waals surface area contributed by atoms with Crippen molar-refractivity contribution in [3.63, 3.8) is 0 Å². The monoisotopic (exact) mass is 346 g/mol. The second-order valence-corrected chi connectivity index (χ2v) is 6.81. The molecule has 0 amide bonds. The fourth-order valence-electron chi connectivity index (χ4n) is 2.33. The quantitative estimate of drug-likeness (QED) is 0.612. The molecule has 20 heavy (non-hydrogen) atoms. The summed E-state index contributed by atoms with van der Waals surface area (Å²) in [6.45, 7) is 8.97. The van der Waals surface area contributed by atoms with E-state index in [0.29, 0.717) is 13.0 Å². The van der Waals surface area contributed by atoms with Crippen molar-refractivity contribution in [2.24, 2.45) is 11.3 Å². The van der Waals surface area contributed by atoms with Crippen LogP contribution in [0, 0.1) is 11.2 Å². The van der Waals surface area contributed by atoms with E-state index in [1.54, 1.807) is 6.07 Å². The van der Waals surface area contributed by atoms with Gasteiger partial charge in [0.15, 0.2) is 0 Å². The van der Waals surface area contributed by atoms with Crippen LogP contribution in [0.15, 0.2) is 22.7 Å². The Balaban J connectivity index is 2.94. The summed E-state index contributed by atoms with van der Waals surface area (Å²) in [6, 6.07) is 4.66. The molecule has 0 spiro atoms. The fourth-order valence-corrected chi connectivity index (χ4v) is 2.84. The first-order valence-corrected chi connectivity index (χ1v) is 7.60. The smallest absolute Gasteiger partial charge is 0.124 e. The highest BCUT2D eigenvalue weighted by Crippen LogP contribution is 2.28. The Kier molecular flexibility index (Phi) is 6.58. The second-order valence-electron chi connectivity index (χ2n) is 5.95. The van der Waals surface area contributed by atoms with Gasteiger partial charge in [-0.3, -0.25) is 11.3 Å². The number of hydrogen-bond acceptors (Lipinski definition) is 3. The molecule has 0 aliphatic carbocycles. The summed E-state index contributed by atoms with van der Waals surface area (Å²) in [5.41, 5.74) is 3.81. The van der Waals surface area contributed by atoms with Crippen molar-refractivity contribution < 1.29 is 9.13 Å². The summed E-state index contributed by atoms with van der Waals surface area (Å²) in [5.74, 6) is 5.45. The van der Waals surface area contributed by atoms with Crippen LogP contribution in [0.25, 0.3) is 0 Å². The van der Waals surface area contributed by atoms with Crippen molar-refractivity contribution in [3.8, 4) is 0 Å². The highest BCUT2D eigenvalue weighted by atomic mass is 79.9. The van der Waals surface area contributed by atoms with Gasteiger partial charge in [0.2, 0.25) is 0 Å². The van der Waals surface area contributed by atoms with Gasteiger partial charge in [0.25, 0.3) is 0 Å². The fraction of sp³-hybridized carbons (Fsp3) is 0.600. The minimum absolute atomic E-state index is 0.0329. The first-order valence-electron chi connectivity index (χ1n) is 6.81. The van der Waals surface area contributed by atoms with E-state index >= 15 is 0 Å². The van der Waals surface area contributed by atoms with Crippen molar-refractivity contribution >= 4 is 15.9 Å². The van der Waals surface area contributed by atoms with Gasteiger partial charge >= 0.3 is 0 Å². The van der Waals surface area contributed by atoms with Crippen LogP contribution in [-0.4, -0.2) is 18.8 Å². The normalized spacial score (nSPS) is 15.2. The molecular weight excluding hydrogens is 323 g/mol. The van der Waals surface area contributed by atoms with E-state index in [9.17, 15) is 4.39 Å². The minimum Gasteiger partial charge on any atom is -0.376 e. The number of nitrogens with two attached hydrogens (primary N) is 1. The third kappa shape index (κ3) is 4.81. The van der Waals surface area contributed by atoms with Gasteiger partial charge in [-0.25, -0.2) is 4.39 Å². The third-order valence-electron chi connectivity index (χ3n) is 3.23. The summed E-state index contributed by atoms with van der Waals surface area (Å²) in [7, 11) is 0. The largest absolute Gasteiger partial charge is 0.376 e. The van der Waals surface area contributed by atoms with Gasteiger partial charge < -0.3 is 4.74 Å². The Labute approximate surface area is 129 Å².